The predicted octanol–water partition coefficient (Wildman–Crippen LogP) is 3.74. The molecule has 2 N–H and O–H groups in total. The van der Waals surface area contributed by atoms with Gasteiger partial charge in [-0.25, -0.2) is 0 Å². The number of benzene rings is 2. The lowest BCUT2D eigenvalue weighted by molar-refractivity contribution is 0.0282. The molecule has 1 aliphatic rings. The third kappa shape index (κ3) is 2.92. The molecule has 2 nitrogen and oxygen atoms in total. The minimum absolute atomic E-state index is 0.237. The van der Waals surface area contributed by atoms with Crippen molar-refractivity contribution in [1.29, 1.82) is 0 Å². The van der Waals surface area contributed by atoms with Crippen molar-refractivity contribution in [2.75, 3.05) is 0 Å². The van der Waals surface area contributed by atoms with Crippen molar-refractivity contribution in [1.82, 2.24) is 0 Å². The minimum Gasteiger partial charge on any atom is -0.369 e. The zero-order valence-corrected chi connectivity index (χ0v) is 11.7. The molecule has 0 aromatic heterocycles. The Balaban J connectivity index is 1.70. The molecule has 1 aliphatic carbocycles. The van der Waals surface area contributed by atoms with Gasteiger partial charge in [0.25, 0.3) is 0 Å². The van der Waals surface area contributed by atoms with Crippen LogP contribution in [0.15, 0.2) is 48.5 Å². The molecule has 104 valence electrons. The number of ether oxygens (including phenoxy) is 1. The average molecular weight is 267 g/mol. The van der Waals surface area contributed by atoms with Gasteiger partial charge in [-0.05, 0) is 41.5 Å². The van der Waals surface area contributed by atoms with Gasteiger partial charge < -0.3 is 10.5 Å². The van der Waals surface area contributed by atoms with Gasteiger partial charge in [0.2, 0.25) is 0 Å². The van der Waals surface area contributed by atoms with Crippen LogP contribution in [0, 0.1) is 0 Å². The molecular formula is C18H21NO. The Morgan fingerprint density at radius 2 is 1.90 bits per heavy atom. The standard InChI is InChI=1S/C18H21NO/c19-12-14-5-3-6-15(11-14)13-20-18-10-4-8-16-7-1-2-9-17(16)18/h1-3,5-7,9,11,18H,4,8,10,12-13,19H2. The number of hydrogen-bond donors (Lipinski definition) is 1. The Morgan fingerprint density at radius 3 is 2.80 bits per heavy atom. The van der Waals surface area contributed by atoms with Crippen LogP contribution in [-0.4, -0.2) is 0 Å². The maximum absolute atomic E-state index is 6.15. The van der Waals surface area contributed by atoms with Crippen LogP contribution in [0.4, 0.5) is 0 Å². The normalized spacial score (nSPS) is 17.8. The van der Waals surface area contributed by atoms with Gasteiger partial charge in [-0.2, -0.15) is 0 Å². The number of nitrogens with two attached hydrogens (primary N) is 1. The van der Waals surface area contributed by atoms with Gasteiger partial charge in [0, 0.05) is 6.54 Å². The van der Waals surface area contributed by atoms with Gasteiger partial charge in [-0.1, -0.05) is 48.5 Å². The van der Waals surface area contributed by atoms with E-state index in [9.17, 15) is 0 Å². The second kappa shape index (κ2) is 6.21. The first-order chi connectivity index (χ1) is 9.86. The third-order valence-corrected chi connectivity index (χ3v) is 3.99. The quantitative estimate of drug-likeness (QED) is 0.916. The lowest BCUT2D eigenvalue weighted by Gasteiger charge is -2.25. The summed E-state index contributed by atoms with van der Waals surface area (Å²) in [5.74, 6) is 0. The summed E-state index contributed by atoms with van der Waals surface area (Å²) in [6.07, 6.45) is 3.75. The molecule has 0 bridgehead atoms. The van der Waals surface area contributed by atoms with E-state index in [1.165, 1.54) is 29.5 Å². The second-order valence-electron chi connectivity index (χ2n) is 5.41. The minimum atomic E-state index is 0.237. The number of rotatable bonds is 4. The van der Waals surface area contributed by atoms with Crippen LogP contribution in [0.3, 0.4) is 0 Å². The zero-order chi connectivity index (χ0) is 13.8. The highest BCUT2D eigenvalue weighted by molar-refractivity contribution is 5.31. The average Bonchev–Trinajstić information content (AvgIpc) is 2.53. The van der Waals surface area contributed by atoms with Crippen LogP contribution in [-0.2, 0) is 24.3 Å². The van der Waals surface area contributed by atoms with E-state index in [-0.39, 0.29) is 6.10 Å². The summed E-state index contributed by atoms with van der Waals surface area (Å²) in [6, 6.07) is 17.0. The van der Waals surface area contributed by atoms with Crippen molar-refractivity contribution in [3.63, 3.8) is 0 Å². The van der Waals surface area contributed by atoms with Crippen molar-refractivity contribution >= 4 is 0 Å². The largest absolute Gasteiger partial charge is 0.369 e. The van der Waals surface area contributed by atoms with Crippen molar-refractivity contribution < 1.29 is 4.74 Å². The fourth-order valence-corrected chi connectivity index (χ4v) is 2.93. The summed E-state index contributed by atoms with van der Waals surface area (Å²) in [7, 11) is 0. The van der Waals surface area contributed by atoms with E-state index in [1.54, 1.807) is 0 Å². The van der Waals surface area contributed by atoms with Gasteiger partial charge in [0.1, 0.15) is 0 Å². The smallest absolute Gasteiger partial charge is 0.0832 e. The van der Waals surface area contributed by atoms with E-state index in [2.05, 4.69) is 48.5 Å². The fourth-order valence-electron chi connectivity index (χ4n) is 2.93. The van der Waals surface area contributed by atoms with E-state index in [0.29, 0.717) is 13.2 Å². The molecule has 1 atom stereocenters. The first kappa shape index (κ1) is 13.3. The maximum Gasteiger partial charge on any atom is 0.0832 e. The molecule has 2 heteroatoms. The molecule has 2 aromatic rings. The Bertz CT molecular complexity index is 579. The molecule has 0 saturated carbocycles. The maximum atomic E-state index is 6.15. The van der Waals surface area contributed by atoms with E-state index < -0.39 is 0 Å². The molecule has 0 heterocycles. The highest BCUT2D eigenvalue weighted by Crippen LogP contribution is 2.32. The van der Waals surface area contributed by atoms with Crippen LogP contribution in [0.5, 0.6) is 0 Å². The molecule has 0 radical (unpaired) electrons. The van der Waals surface area contributed by atoms with Gasteiger partial charge in [-0.15, -0.1) is 0 Å². The molecule has 0 saturated heterocycles. The predicted molar refractivity (Wildman–Crippen MR) is 81.2 cm³/mol. The number of aryl methyl sites for hydroxylation is 1. The highest BCUT2D eigenvalue weighted by Gasteiger charge is 2.20. The molecule has 3 rings (SSSR count). The van der Waals surface area contributed by atoms with E-state index >= 15 is 0 Å². The molecule has 0 amide bonds. The monoisotopic (exact) mass is 267 g/mol. The molecule has 0 fully saturated rings. The summed E-state index contributed by atoms with van der Waals surface area (Å²) in [5, 5.41) is 0. The molecule has 0 spiro atoms. The van der Waals surface area contributed by atoms with Gasteiger partial charge in [0.15, 0.2) is 0 Å². The molecule has 1 unspecified atom stereocenters. The summed E-state index contributed by atoms with van der Waals surface area (Å²) >= 11 is 0. The highest BCUT2D eigenvalue weighted by atomic mass is 16.5. The van der Waals surface area contributed by atoms with Crippen molar-refractivity contribution in [3.8, 4) is 0 Å². The van der Waals surface area contributed by atoms with Crippen LogP contribution in [0.25, 0.3) is 0 Å². The fraction of sp³-hybridized carbons (Fsp3) is 0.333. The molecule has 20 heavy (non-hydrogen) atoms. The van der Waals surface area contributed by atoms with Crippen LogP contribution in [0.1, 0.15) is 41.2 Å². The Labute approximate surface area is 120 Å². The third-order valence-electron chi connectivity index (χ3n) is 3.99. The van der Waals surface area contributed by atoms with Gasteiger partial charge in [-0.3, -0.25) is 0 Å². The van der Waals surface area contributed by atoms with Crippen LogP contribution in [0.2, 0.25) is 0 Å². The van der Waals surface area contributed by atoms with Crippen LogP contribution < -0.4 is 5.73 Å². The molecule has 0 aliphatic heterocycles. The van der Waals surface area contributed by atoms with E-state index in [4.69, 9.17) is 10.5 Å². The second-order valence-corrected chi connectivity index (χ2v) is 5.41. The number of fused-ring (bicyclic) bond motifs is 1. The van der Waals surface area contributed by atoms with Crippen molar-refractivity contribution in [3.05, 3.63) is 70.8 Å². The summed E-state index contributed by atoms with van der Waals surface area (Å²) in [6.45, 7) is 1.24. The Morgan fingerprint density at radius 1 is 1.05 bits per heavy atom. The SMILES string of the molecule is NCc1cccc(COC2CCCc3ccccc32)c1. The van der Waals surface area contributed by atoms with E-state index in [1.807, 2.05) is 0 Å². The Hall–Kier alpha value is -1.64. The summed E-state index contributed by atoms with van der Waals surface area (Å²) < 4.78 is 6.15. The lowest BCUT2D eigenvalue weighted by Crippen LogP contribution is -2.12. The summed E-state index contributed by atoms with van der Waals surface area (Å²) in [4.78, 5) is 0. The zero-order valence-electron chi connectivity index (χ0n) is 11.7. The molecule has 2 aromatic carbocycles. The van der Waals surface area contributed by atoms with Crippen molar-refractivity contribution in [2.45, 2.75) is 38.5 Å². The van der Waals surface area contributed by atoms with E-state index in [0.717, 1.165) is 12.0 Å². The topological polar surface area (TPSA) is 35.2 Å². The number of hydrogen-bond acceptors (Lipinski definition) is 2. The first-order valence-corrected chi connectivity index (χ1v) is 7.34. The molecular weight excluding hydrogens is 246 g/mol. The first-order valence-electron chi connectivity index (χ1n) is 7.34. The lowest BCUT2D eigenvalue weighted by atomic mass is 9.89. The van der Waals surface area contributed by atoms with Crippen LogP contribution >= 0.6 is 0 Å². The van der Waals surface area contributed by atoms with Gasteiger partial charge in [0.05, 0.1) is 12.7 Å². The summed E-state index contributed by atoms with van der Waals surface area (Å²) in [5.41, 5.74) is 10.9. The van der Waals surface area contributed by atoms with Crippen molar-refractivity contribution in [2.24, 2.45) is 5.73 Å². The Kier molecular flexibility index (Phi) is 4.14. The van der Waals surface area contributed by atoms with Gasteiger partial charge >= 0.3 is 0 Å².